The molecule has 4 heterocycles. The fraction of sp³-hybridized carbons (Fsp3) is 0.556. The first-order valence-corrected chi connectivity index (χ1v) is 9.96. The third kappa shape index (κ3) is 2.31. The quantitative estimate of drug-likeness (QED) is 0.578. The van der Waals surface area contributed by atoms with Crippen LogP contribution < -0.4 is 4.90 Å². The van der Waals surface area contributed by atoms with E-state index in [0.29, 0.717) is 39.0 Å². The van der Waals surface area contributed by atoms with Crippen molar-refractivity contribution in [2.24, 2.45) is 17.8 Å². The van der Waals surface area contributed by atoms with E-state index in [0.717, 1.165) is 5.13 Å². The van der Waals surface area contributed by atoms with Gasteiger partial charge in [0.15, 0.2) is 5.13 Å². The molecule has 136 valence electrons. The zero-order valence-electron chi connectivity index (χ0n) is 14.3. The summed E-state index contributed by atoms with van der Waals surface area (Å²) >= 11 is 1.58. The molecule has 2 atom stereocenters. The molecule has 0 aromatic carbocycles. The van der Waals surface area contributed by atoms with Gasteiger partial charge in [0.05, 0.1) is 23.8 Å². The molecule has 1 aromatic rings. The van der Waals surface area contributed by atoms with Crippen molar-refractivity contribution in [2.45, 2.75) is 18.9 Å². The molecule has 0 spiro atoms. The number of carbonyl (C=O) groups is 3. The summed E-state index contributed by atoms with van der Waals surface area (Å²) < 4.78 is 0. The van der Waals surface area contributed by atoms with Crippen molar-refractivity contribution in [3.8, 4) is 0 Å². The van der Waals surface area contributed by atoms with Gasteiger partial charge in [-0.15, -0.1) is 11.3 Å². The number of imide groups is 1. The van der Waals surface area contributed by atoms with E-state index in [4.69, 9.17) is 0 Å². The number of anilines is 1. The molecule has 3 amide bonds. The smallest absolute Gasteiger partial charge is 0.233 e. The van der Waals surface area contributed by atoms with Crippen LogP contribution in [0.15, 0.2) is 23.7 Å². The molecule has 1 aromatic heterocycles. The fourth-order valence-corrected chi connectivity index (χ4v) is 5.07. The Hall–Kier alpha value is -2.22. The molecule has 26 heavy (non-hydrogen) atoms. The van der Waals surface area contributed by atoms with E-state index in [1.165, 1.54) is 4.90 Å². The first-order chi connectivity index (χ1) is 12.6. The van der Waals surface area contributed by atoms with Gasteiger partial charge < -0.3 is 9.80 Å². The Morgan fingerprint density at radius 1 is 1.04 bits per heavy atom. The first-order valence-electron chi connectivity index (χ1n) is 9.08. The number of thiazole rings is 1. The van der Waals surface area contributed by atoms with E-state index in [1.807, 2.05) is 17.5 Å². The van der Waals surface area contributed by atoms with Gasteiger partial charge in [-0.2, -0.15) is 0 Å². The minimum atomic E-state index is -0.185. The predicted molar refractivity (Wildman–Crippen MR) is 95.4 cm³/mol. The van der Waals surface area contributed by atoms with Crippen LogP contribution in [0.5, 0.6) is 0 Å². The van der Waals surface area contributed by atoms with Crippen LogP contribution in [0.25, 0.3) is 0 Å². The average molecular weight is 372 g/mol. The molecular formula is C18H20N4O3S. The Bertz CT molecular complexity index is 754. The van der Waals surface area contributed by atoms with Crippen molar-refractivity contribution in [1.29, 1.82) is 0 Å². The molecular weight excluding hydrogens is 352 g/mol. The number of aromatic nitrogens is 1. The standard InChI is InChI=1S/C18H20N4O3S/c23-15(11-7-21(8-11)18-19-5-6-26-18)20-9-12(10-20)22-16(24)13-3-1-2-4-14(13)17(22)25/h1-2,5-6,11-14H,3-4,7-10H2. The Morgan fingerprint density at radius 3 is 2.27 bits per heavy atom. The highest BCUT2D eigenvalue weighted by Crippen LogP contribution is 2.38. The van der Waals surface area contributed by atoms with Gasteiger partial charge in [-0.25, -0.2) is 4.98 Å². The molecule has 3 saturated heterocycles. The summed E-state index contributed by atoms with van der Waals surface area (Å²) in [5.41, 5.74) is 0. The van der Waals surface area contributed by atoms with Crippen molar-refractivity contribution in [2.75, 3.05) is 31.1 Å². The third-order valence-corrected chi connectivity index (χ3v) is 6.83. The molecule has 2 unspecified atom stereocenters. The van der Waals surface area contributed by atoms with Gasteiger partial charge in [-0.1, -0.05) is 12.2 Å². The lowest BCUT2D eigenvalue weighted by atomic mass is 9.85. The normalized spacial score (nSPS) is 29.0. The molecule has 4 aliphatic rings. The van der Waals surface area contributed by atoms with Crippen LogP contribution in [0.2, 0.25) is 0 Å². The molecule has 1 aliphatic carbocycles. The molecule has 0 bridgehead atoms. The summed E-state index contributed by atoms with van der Waals surface area (Å²) in [4.78, 5) is 47.4. The monoisotopic (exact) mass is 372 g/mol. The zero-order chi connectivity index (χ0) is 17.8. The molecule has 0 saturated carbocycles. The summed E-state index contributed by atoms with van der Waals surface area (Å²) in [7, 11) is 0. The van der Waals surface area contributed by atoms with E-state index in [-0.39, 0.29) is 41.5 Å². The van der Waals surface area contributed by atoms with Crippen LogP contribution in [0.1, 0.15) is 12.8 Å². The summed E-state index contributed by atoms with van der Waals surface area (Å²) in [5, 5.41) is 2.89. The topological polar surface area (TPSA) is 73.8 Å². The number of amides is 3. The van der Waals surface area contributed by atoms with E-state index < -0.39 is 0 Å². The summed E-state index contributed by atoms with van der Waals surface area (Å²) in [6, 6.07) is -0.139. The number of fused-ring (bicyclic) bond motifs is 1. The highest BCUT2D eigenvalue weighted by atomic mass is 32.1. The lowest BCUT2D eigenvalue weighted by Gasteiger charge is -2.47. The SMILES string of the molecule is O=C(C1CN(c2nccs2)C1)N1CC(N2C(=O)C3CC=CCC3C2=O)C1. The van der Waals surface area contributed by atoms with E-state index in [9.17, 15) is 14.4 Å². The van der Waals surface area contributed by atoms with Gasteiger partial charge in [-0.05, 0) is 12.8 Å². The van der Waals surface area contributed by atoms with Crippen molar-refractivity contribution in [3.63, 3.8) is 0 Å². The van der Waals surface area contributed by atoms with Gasteiger partial charge in [0.2, 0.25) is 17.7 Å². The fourth-order valence-electron chi connectivity index (χ4n) is 4.41. The van der Waals surface area contributed by atoms with Gasteiger partial charge in [0, 0.05) is 37.8 Å². The second-order valence-electron chi connectivity index (χ2n) is 7.52. The number of allylic oxidation sites excluding steroid dienone is 2. The Labute approximate surface area is 155 Å². The number of likely N-dealkylation sites (tertiary alicyclic amines) is 2. The molecule has 0 radical (unpaired) electrons. The number of nitrogens with zero attached hydrogens (tertiary/aromatic N) is 4. The Kier molecular flexibility index (Phi) is 3.63. The van der Waals surface area contributed by atoms with Gasteiger partial charge in [0.1, 0.15) is 0 Å². The second-order valence-corrected chi connectivity index (χ2v) is 8.39. The van der Waals surface area contributed by atoms with Gasteiger partial charge in [0.25, 0.3) is 0 Å². The van der Waals surface area contributed by atoms with E-state index in [2.05, 4.69) is 9.88 Å². The van der Waals surface area contributed by atoms with Crippen LogP contribution in [0.3, 0.4) is 0 Å². The highest BCUT2D eigenvalue weighted by Gasteiger charge is 2.53. The summed E-state index contributed by atoms with van der Waals surface area (Å²) in [6.45, 7) is 2.36. The zero-order valence-corrected chi connectivity index (χ0v) is 15.1. The van der Waals surface area contributed by atoms with Crippen molar-refractivity contribution in [3.05, 3.63) is 23.7 Å². The number of hydrogen-bond donors (Lipinski definition) is 0. The predicted octanol–water partition coefficient (Wildman–Crippen LogP) is 0.741. The maximum absolute atomic E-state index is 12.6. The molecule has 3 aliphatic heterocycles. The first kappa shape index (κ1) is 16.0. The minimum Gasteiger partial charge on any atom is -0.346 e. The average Bonchev–Trinajstić information content (AvgIpc) is 3.16. The highest BCUT2D eigenvalue weighted by molar-refractivity contribution is 7.13. The molecule has 8 heteroatoms. The van der Waals surface area contributed by atoms with Gasteiger partial charge in [-0.3, -0.25) is 19.3 Å². The molecule has 3 fully saturated rings. The lowest BCUT2D eigenvalue weighted by molar-refractivity contribution is -0.154. The molecule has 5 rings (SSSR count). The van der Waals surface area contributed by atoms with Crippen molar-refractivity contribution in [1.82, 2.24) is 14.8 Å². The summed E-state index contributed by atoms with van der Waals surface area (Å²) in [5.74, 6) is -0.324. The van der Waals surface area contributed by atoms with Crippen molar-refractivity contribution >= 4 is 34.2 Å². The number of carbonyl (C=O) groups excluding carboxylic acids is 3. The minimum absolute atomic E-state index is 0.00314. The van der Waals surface area contributed by atoms with Crippen LogP contribution in [-0.4, -0.2) is 64.7 Å². The van der Waals surface area contributed by atoms with Crippen LogP contribution in [-0.2, 0) is 14.4 Å². The largest absolute Gasteiger partial charge is 0.346 e. The van der Waals surface area contributed by atoms with Crippen LogP contribution in [0.4, 0.5) is 5.13 Å². The number of hydrogen-bond acceptors (Lipinski definition) is 6. The van der Waals surface area contributed by atoms with E-state index >= 15 is 0 Å². The van der Waals surface area contributed by atoms with Crippen LogP contribution >= 0.6 is 11.3 Å². The van der Waals surface area contributed by atoms with Gasteiger partial charge >= 0.3 is 0 Å². The third-order valence-electron chi connectivity index (χ3n) is 6.00. The number of rotatable bonds is 3. The van der Waals surface area contributed by atoms with Crippen LogP contribution in [0, 0.1) is 17.8 Å². The molecule has 7 nitrogen and oxygen atoms in total. The van der Waals surface area contributed by atoms with E-state index in [1.54, 1.807) is 22.4 Å². The second kappa shape index (κ2) is 5.90. The lowest BCUT2D eigenvalue weighted by Crippen LogP contribution is -2.66. The Morgan fingerprint density at radius 2 is 1.69 bits per heavy atom. The summed E-state index contributed by atoms with van der Waals surface area (Å²) in [6.07, 6.45) is 7.09. The molecule has 0 N–H and O–H groups in total. The maximum atomic E-state index is 12.6. The maximum Gasteiger partial charge on any atom is 0.233 e. The van der Waals surface area contributed by atoms with Crippen molar-refractivity contribution < 1.29 is 14.4 Å². The Balaban J connectivity index is 1.16.